The standard InChI is InChI=1S/C46H80N2O36/c1-11(56)47-21-28(65)37(81-45-34(71)39(26(63)17(6-52)76-45)83-43-32(69)30(67)24(61)15(4-50)74-43)19(8-54)78-41(21)73-10-14(59)23(60)36(13(58)3-49)80-42-22(48-12(2)57)29(66)38(20(9-55)79-42)82-46-35(72)40(27(64)18(7-53)77-46)84-44-33(70)31(68)25(62)16(5-51)75-44/h13-46,49-55,58-72H,3-10H2,1-2H3,(H,47,56)(H,48,57)/t13-,14+,15+,16+,17+,18+,19+,20+,21+,22+,23-,24-,25-,26-,27-,28+,29+,30-,31-,32+,33+,34+,35+,36+,37+,38+,39-,40-,41+,42-,43+,44+,45-,46-/m0/s1. The van der Waals surface area contributed by atoms with Gasteiger partial charge in [-0.2, -0.15) is 0 Å². The molecule has 0 spiro atoms. The van der Waals surface area contributed by atoms with Crippen LogP contribution in [0.4, 0.5) is 0 Å². The largest absolute Gasteiger partial charge is 0.394 e. The molecular formula is C46H80N2O36. The first kappa shape index (κ1) is 70.7. The molecule has 38 nitrogen and oxygen atoms in total. The van der Waals surface area contributed by atoms with E-state index in [2.05, 4.69) is 10.6 Å². The summed E-state index contributed by atoms with van der Waals surface area (Å²) in [6.07, 6.45) is -62.6. The average molecular weight is 1240 g/mol. The molecule has 0 radical (unpaired) electrons. The molecule has 0 aromatic carbocycles. The third kappa shape index (κ3) is 15.8. The smallest absolute Gasteiger partial charge is 0.217 e. The van der Waals surface area contributed by atoms with Crippen LogP contribution in [0.5, 0.6) is 0 Å². The van der Waals surface area contributed by atoms with Crippen molar-refractivity contribution in [1.29, 1.82) is 0 Å². The van der Waals surface area contributed by atoms with Gasteiger partial charge in [0, 0.05) is 13.8 Å². The number of ether oxygens (including phenoxy) is 12. The Bertz CT molecular complexity index is 2010. The molecule has 490 valence electrons. The molecule has 0 saturated carbocycles. The van der Waals surface area contributed by atoms with Crippen LogP contribution in [0, 0.1) is 0 Å². The van der Waals surface area contributed by atoms with Gasteiger partial charge in [-0.3, -0.25) is 9.59 Å². The Labute approximate surface area is 475 Å². The van der Waals surface area contributed by atoms with Crippen molar-refractivity contribution in [3.8, 4) is 0 Å². The number of nitrogens with one attached hydrogen (secondary N) is 2. The maximum Gasteiger partial charge on any atom is 0.217 e. The van der Waals surface area contributed by atoms with Gasteiger partial charge in [0.2, 0.25) is 11.8 Å². The van der Waals surface area contributed by atoms with Crippen molar-refractivity contribution in [3.63, 3.8) is 0 Å². The zero-order valence-corrected chi connectivity index (χ0v) is 44.8. The van der Waals surface area contributed by atoms with E-state index in [0.717, 1.165) is 13.8 Å². The Balaban J connectivity index is 1.15. The summed E-state index contributed by atoms with van der Waals surface area (Å²) in [5, 5.41) is 239. The molecule has 6 rings (SSSR count). The highest BCUT2D eigenvalue weighted by atomic mass is 16.8. The van der Waals surface area contributed by atoms with Crippen LogP contribution in [-0.2, 0) is 66.4 Å². The third-order valence-electron chi connectivity index (χ3n) is 15.0. The van der Waals surface area contributed by atoms with E-state index in [0.29, 0.717) is 0 Å². The summed E-state index contributed by atoms with van der Waals surface area (Å²) in [7, 11) is 0. The summed E-state index contributed by atoms with van der Waals surface area (Å²) in [4.78, 5) is 25.1. The van der Waals surface area contributed by atoms with Crippen molar-refractivity contribution in [2.45, 2.75) is 222 Å². The molecule has 6 heterocycles. The Hall–Kier alpha value is -2.42. The summed E-state index contributed by atoms with van der Waals surface area (Å²) in [6.45, 7) is -6.30. The van der Waals surface area contributed by atoms with Crippen molar-refractivity contribution in [3.05, 3.63) is 0 Å². The second kappa shape index (κ2) is 31.4. The highest BCUT2D eigenvalue weighted by molar-refractivity contribution is 5.73. The number of amides is 2. The number of aliphatic hydroxyl groups is 22. The second-order valence-corrected chi connectivity index (χ2v) is 20.8. The molecular weight excluding hydrogens is 1160 g/mol. The van der Waals surface area contributed by atoms with E-state index in [9.17, 15) is 122 Å². The molecule has 0 aromatic rings. The van der Waals surface area contributed by atoms with Gasteiger partial charge in [0.25, 0.3) is 0 Å². The topological polar surface area (TPSA) is 614 Å². The first-order chi connectivity index (χ1) is 39.7. The van der Waals surface area contributed by atoms with E-state index in [-0.39, 0.29) is 0 Å². The predicted octanol–water partition coefficient (Wildman–Crippen LogP) is -16.4. The van der Waals surface area contributed by atoms with Gasteiger partial charge in [-0.1, -0.05) is 0 Å². The Kier molecular flexibility index (Phi) is 26.4. The summed E-state index contributed by atoms with van der Waals surface area (Å²) >= 11 is 0. The van der Waals surface area contributed by atoms with Crippen molar-refractivity contribution in [2.24, 2.45) is 0 Å². The van der Waals surface area contributed by atoms with Gasteiger partial charge >= 0.3 is 0 Å². The Morgan fingerprint density at radius 3 is 1.06 bits per heavy atom. The summed E-state index contributed by atoms with van der Waals surface area (Å²) in [6, 6.07) is -3.62. The van der Waals surface area contributed by atoms with Crippen LogP contribution in [-0.4, -0.2) is 386 Å². The highest BCUT2D eigenvalue weighted by Gasteiger charge is 2.57. The lowest BCUT2D eigenvalue weighted by Crippen LogP contribution is -2.69. The van der Waals surface area contributed by atoms with Gasteiger partial charge in [0.15, 0.2) is 37.7 Å². The van der Waals surface area contributed by atoms with Crippen molar-refractivity contribution in [1.82, 2.24) is 10.6 Å². The number of carbonyl (C=O) groups is 2. The van der Waals surface area contributed by atoms with E-state index < -0.39 is 273 Å². The minimum absolute atomic E-state index is 0.860. The van der Waals surface area contributed by atoms with Crippen LogP contribution in [0.15, 0.2) is 0 Å². The van der Waals surface area contributed by atoms with E-state index in [4.69, 9.17) is 56.8 Å². The fraction of sp³-hybridized carbons (Fsp3) is 0.957. The first-order valence-corrected chi connectivity index (χ1v) is 26.5. The highest BCUT2D eigenvalue weighted by Crippen LogP contribution is 2.36. The van der Waals surface area contributed by atoms with Gasteiger partial charge < -0.3 is 180 Å². The molecule has 6 saturated heterocycles. The Morgan fingerprint density at radius 2 is 0.702 bits per heavy atom. The minimum atomic E-state index is -2.39. The molecule has 6 aliphatic heterocycles. The fourth-order valence-corrected chi connectivity index (χ4v) is 10.3. The number of carbonyl (C=O) groups excluding carboxylic acids is 2. The van der Waals surface area contributed by atoms with Crippen LogP contribution in [0.1, 0.15) is 13.8 Å². The molecule has 0 unspecified atom stereocenters. The average Bonchev–Trinajstić information content (AvgIpc) is 3.66. The lowest BCUT2D eigenvalue weighted by atomic mass is 9.94. The maximum absolute atomic E-state index is 12.6. The molecule has 34 atom stereocenters. The van der Waals surface area contributed by atoms with Gasteiger partial charge in [-0.15, -0.1) is 0 Å². The third-order valence-corrected chi connectivity index (χ3v) is 15.0. The predicted molar refractivity (Wildman–Crippen MR) is 257 cm³/mol. The van der Waals surface area contributed by atoms with E-state index in [1.165, 1.54) is 0 Å². The van der Waals surface area contributed by atoms with Crippen molar-refractivity contribution < 1.29 is 179 Å². The van der Waals surface area contributed by atoms with E-state index in [1.54, 1.807) is 0 Å². The maximum atomic E-state index is 12.6. The monoisotopic (exact) mass is 1240 g/mol. The van der Waals surface area contributed by atoms with Gasteiger partial charge in [-0.25, -0.2) is 0 Å². The summed E-state index contributed by atoms with van der Waals surface area (Å²) in [5.74, 6) is -1.77. The van der Waals surface area contributed by atoms with Crippen molar-refractivity contribution >= 4 is 11.8 Å². The summed E-state index contributed by atoms with van der Waals surface area (Å²) in [5.41, 5.74) is 0. The van der Waals surface area contributed by atoms with Gasteiger partial charge in [0.1, 0.15) is 171 Å². The normalized spacial score (nSPS) is 46.4. The SMILES string of the molecule is CC(=O)N[C@H]1[C@H](OC[C@@H](O)[C@H](O)[C@H](O[C@@H]2O[C@H](CO)[C@@H](O[C@@H]3O[C@H](CO)[C@H](O)[C@H](O[C@H]4O[C@H](CO)[C@H](O)[C@H](O)[C@H]4O)[C@H]3O)[C@H](O)[C@H]2NC(C)=O)[C@@H](O)CO)O[C@H](CO)[C@@H](O[C@@H]2O[C@H](CO)[C@H](O)[C@H](O[C@H]3O[C@H](CO)[C@H](O)[C@H](O)[C@H]3O)[C@H]2O)[C@@H]1O. The second-order valence-electron chi connectivity index (χ2n) is 20.8. The van der Waals surface area contributed by atoms with E-state index >= 15 is 0 Å². The minimum Gasteiger partial charge on any atom is -0.394 e. The van der Waals surface area contributed by atoms with Crippen LogP contribution < -0.4 is 10.6 Å². The first-order valence-electron chi connectivity index (χ1n) is 26.5. The molecule has 0 aliphatic carbocycles. The number of rotatable bonds is 25. The lowest BCUT2D eigenvalue weighted by molar-refractivity contribution is -0.378. The zero-order valence-electron chi connectivity index (χ0n) is 44.8. The molecule has 0 bridgehead atoms. The number of hydrogen-bond acceptors (Lipinski definition) is 36. The van der Waals surface area contributed by atoms with Crippen LogP contribution in [0.3, 0.4) is 0 Å². The van der Waals surface area contributed by atoms with Gasteiger partial charge in [0.05, 0.1) is 52.9 Å². The van der Waals surface area contributed by atoms with Crippen LogP contribution >= 0.6 is 0 Å². The Morgan fingerprint density at radius 1 is 0.381 bits per heavy atom. The number of hydrogen-bond donors (Lipinski definition) is 24. The quantitative estimate of drug-likeness (QED) is 0.0404. The molecule has 6 aliphatic rings. The molecule has 2 amide bonds. The van der Waals surface area contributed by atoms with E-state index in [1.807, 2.05) is 0 Å². The number of aliphatic hydroxyl groups excluding tert-OH is 22. The van der Waals surface area contributed by atoms with Crippen LogP contribution in [0.25, 0.3) is 0 Å². The lowest BCUT2D eigenvalue weighted by Gasteiger charge is -2.49. The fourth-order valence-electron chi connectivity index (χ4n) is 10.3. The zero-order chi connectivity index (χ0) is 62.3. The van der Waals surface area contributed by atoms with Gasteiger partial charge in [-0.05, 0) is 0 Å². The molecule has 24 N–H and O–H groups in total. The molecule has 84 heavy (non-hydrogen) atoms. The summed E-state index contributed by atoms with van der Waals surface area (Å²) < 4.78 is 67.6. The van der Waals surface area contributed by atoms with Crippen molar-refractivity contribution in [2.75, 3.05) is 52.9 Å². The molecule has 6 fully saturated rings. The molecule has 0 aromatic heterocycles. The molecule has 38 heteroatoms. The van der Waals surface area contributed by atoms with Crippen LogP contribution in [0.2, 0.25) is 0 Å².